The van der Waals surface area contributed by atoms with Gasteiger partial charge in [0.1, 0.15) is 22.9 Å². The third-order valence-corrected chi connectivity index (χ3v) is 4.84. The van der Waals surface area contributed by atoms with E-state index >= 15 is 0 Å². The molecule has 1 aromatic rings. The summed E-state index contributed by atoms with van der Waals surface area (Å²) < 4.78 is 11.0. The van der Waals surface area contributed by atoms with Gasteiger partial charge in [-0.2, -0.15) is 0 Å². The molecule has 0 aromatic heterocycles. The van der Waals surface area contributed by atoms with Crippen molar-refractivity contribution in [1.82, 2.24) is 0 Å². The summed E-state index contributed by atoms with van der Waals surface area (Å²) in [6, 6.07) is 5.98. The quantitative estimate of drug-likeness (QED) is 0.571. The molecule has 1 fully saturated rings. The predicted molar refractivity (Wildman–Crippen MR) is 110 cm³/mol. The normalized spacial score (nSPS) is 27.5. The molecule has 1 aromatic carbocycles. The van der Waals surface area contributed by atoms with Gasteiger partial charge in [0.15, 0.2) is 5.78 Å². The maximum atomic E-state index is 13.1. The Bertz CT molecular complexity index is 827. The first kappa shape index (κ1) is 23.9. The lowest BCUT2D eigenvalue weighted by Gasteiger charge is -2.44. The summed E-state index contributed by atoms with van der Waals surface area (Å²) >= 11 is 0. The Morgan fingerprint density at radius 1 is 1.03 bits per heavy atom. The number of aliphatic hydroxyl groups is 1. The maximum absolute atomic E-state index is 13.1. The van der Waals surface area contributed by atoms with Crippen LogP contribution in [0.1, 0.15) is 66.4 Å². The van der Waals surface area contributed by atoms with Crippen LogP contribution in [-0.2, 0) is 23.9 Å². The van der Waals surface area contributed by atoms with E-state index in [1.165, 1.54) is 19.1 Å². The lowest BCUT2D eigenvalue weighted by Crippen LogP contribution is -2.56. The Morgan fingerprint density at radius 3 is 2.07 bits per heavy atom. The van der Waals surface area contributed by atoms with Crippen molar-refractivity contribution in [2.75, 3.05) is 0 Å². The fourth-order valence-corrected chi connectivity index (χ4v) is 3.88. The molecule has 30 heavy (non-hydrogen) atoms. The Morgan fingerprint density at radius 2 is 1.57 bits per heavy atom. The number of ketones is 1. The molecular formula is C23H32O7. The molecule has 1 aliphatic rings. The standard InChI is InChI=1S/C23H32O7/c1-21(2,3)29-19(26)17-15(25)12-23(7,28)18(20(27)30-22(4,5)6)16(17)13-9-8-10-14(24)11-13/h8-11,16-18,24,28H,12H2,1-7H3/t16-,17-,18+,23-/m0/s1. The van der Waals surface area contributed by atoms with Crippen molar-refractivity contribution < 1.29 is 34.1 Å². The van der Waals surface area contributed by atoms with Crippen LogP contribution in [0.2, 0.25) is 0 Å². The Labute approximate surface area is 177 Å². The molecule has 0 unspecified atom stereocenters. The highest BCUT2D eigenvalue weighted by atomic mass is 16.6. The van der Waals surface area contributed by atoms with E-state index in [1.807, 2.05) is 0 Å². The summed E-state index contributed by atoms with van der Waals surface area (Å²) in [6.45, 7) is 11.5. The number of ether oxygens (including phenoxy) is 2. The zero-order chi connectivity index (χ0) is 23.1. The van der Waals surface area contributed by atoms with E-state index in [0.717, 1.165) is 0 Å². The summed E-state index contributed by atoms with van der Waals surface area (Å²) in [7, 11) is 0. The van der Waals surface area contributed by atoms with Crippen LogP contribution in [0.4, 0.5) is 0 Å². The number of hydrogen-bond acceptors (Lipinski definition) is 7. The highest BCUT2D eigenvalue weighted by Crippen LogP contribution is 2.47. The van der Waals surface area contributed by atoms with Gasteiger partial charge in [0, 0.05) is 12.3 Å². The number of Topliss-reactive ketones (excluding diaryl/α,β-unsaturated/α-hetero) is 1. The van der Waals surface area contributed by atoms with E-state index < -0.39 is 58.7 Å². The summed E-state index contributed by atoms with van der Waals surface area (Å²) in [5.74, 6) is -5.69. The maximum Gasteiger partial charge on any atom is 0.317 e. The van der Waals surface area contributed by atoms with Gasteiger partial charge in [0.05, 0.1) is 11.5 Å². The molecule has 0 heterocycles. The molecule has 0 saturated heterocycles. The third-order valence-electron chi connectivity index (χ3n) is 4.84. The molecule has 1 aliphatic carbocycles. The molecule has 7 nitrogen and oxygen atoms in total. The molecular weight excluding hydrogens is 388 g/mol. The summed E-state index contributed by atoms with van der Waals surface area (Å²) in [6.07, 6.45) is -0.393. The average Bonchev–Trinajstić information content (AvgIpc) is 2.49. The zero-order valence-electron chi connectivity index (χ0n) is 18.7. The average molecular weight is 421 g/mol. The molecule has 166 valence electrons. The van der Waals surface area contributed by atoms with Crippen LogP contribution >= 0.6 is 0 Å². The number of benzene rings is 1. The summed E-state index contributed by atoms with van der Waals surface area (Å²) in [5.41, 5.74) is -3.05. The molecule has 7 heteroatoms. The van der Waals surface area contributed by atoms with E-state index in [1.54, 1.807) is 53.7 Å². The van der Waals surface area contributed by atoms with Gasteiger partial charge in [0.25, 0.3) is 0 Å². The van der Waals surface area contributed by atoms with Gasteiger partial charge in [-0.3, -0.25) is 14.4 Å². The monoisotopic (exact) mass is 420 g/mol. The van der Waals surface area contributed by atoms with Gasteiger partial charge < -0.3 is 19.7 Å². The number of rotatable bonds is 3. The Hall–Kier alpha value is -2.41. The number of carbonyl (C=O) groups excluding carboxylic acids is 3. The van der Waals surface area contributed by atoms with Gasteiger partial charge >= 0.3 is 11.9 Å². The van der Waals surface area contributed by atoms with Crippen molar-refractivity contribution in [3.05, 3.63) is 29.8 Å². The van der Waals surface area contributed by atoms with Crippen LogP contribution < -0.4 is 0 Å². The van der Waals surface area contributed by atoms with Crippen LogP contribution in [0.5, 0.6) is 5.75 Å². The molecule has 2 N–H and O–H groups in total. The van der Waals surface area contributed by atoms with E-state index in [0.29, 0.717) is 5.56 Å². The first-order valence-corrected chi connectivity index (χ1v) is 10.0. The molecule has 1 saturated carbocycles. The lowest BCUT2D eigenvalue weighted by atomic mass is 9.61. The van der Waals surface area contributed by atoms with Crippen LogP contribution in [-0.4, -0.2) is 44.7 Å². The van der Waals surface area contributed by atoms with Gasteiger partial charge in [-0.1, -0.05) is 12.1 Å². The largest absolute Gasteiger partial charge is 0.508 e. The van der Waals surface area contributed by atoms with E-state index in [4.69, 9.17) is 9.47 Å². The van der Waals surface area contributed by atoms with Crippen molar-refractivity contribution >= 4 is 17.7 Å². The first-order chi connectivity index (χ1) is 13.5. The topological polar surface area (TPSA) is 110 Å². The van der Waals surface area contributed by atoms with Crippen molar-refractivity contribution in [3.8, 4) is 5.75 Å². The summed E-state index contributed by atoms with van der Waals surface area (Å²) in [4.78, 5) is 39.2. The van der Waals surface area contributed by atoms with Crippen LogP contribution in [0.25, 0.3) is 0 Å². The Kier molecular flexibility index (Phi) is 6.38. The second-order valence-corrected chi connectivity index (χ2v) is 10.1. The SMILES string of the molecule is CC(C)(C)OC(=O)[C@H]1C(=O)C[C@](C)(O)[C@@H](C(=O)OC(C)(C)C)[C@H]1c1cccc(O)c1. The summed E-state index contributed by atoms with van der Waals surface area (Å²) in [5, 5.41) is 21.1. The van der Waals surface area contributed by atoms with Crippen LogP contribution in [0.15, 0.2) is 24.3 Å². The second-order valence-electron chi connectivity index (χ2n) is 10.1. The number of phenolic OH excluding ortho intramolecular Hbond substituents is 1. The van der Waals surface area contributed by atoms with Gasteiger partial charge in [-0.05, 0) is 66.2 Å². The van der Waals surface area contributed by atoms with Crippen molar-refractivity contribution in [1.29, 1.82) is 0 Å². The fourth-order valence-electron chi connectivity index (χ4n) is 3.88. The van der Waals surface area contributed by atoms with Crippen molar-refractivity contribution in [2.24, 2.45) is 11.8 Å². The highest BCUT2D eigenvalue weighted by Gasteiger charge is 2.57. The van der Waals surface area contributed by atoms with E-state index in [9.17, 15) is 24.6 Å². The lowest BCUT2D eigenvalue weighted by molar-refractivity contribution is -0.182. The van der Waals surface area contributed by atoms with Gasteiger partial charge in [0.2, 0.25) is 0 Å². The number of aromatic hydroxyl groups is 1. The number of esters is 2. The Balaban J connectivity index is 2.64. The van der Waals surface area contributed by atoms with Crippen LogP contribution in [0.3, 0.4) is 0 Å². The minimum atomic E-state index is -1.74. The molecule has 0 radical (unpaired) electrons. The number of hydrogen-bond donors (Lipinski definition) is 2. The first-order valence-electron chi connectivity index (χ1n) is 10.0. The highest BCUT2D eigenvalue weighted by molar-refractivity contribution is 6.03. The second kappa shape index (κ2) is 8.02. The predicted octanol–water partition coefficient (Wildman–Crippen LogP) is 3.12. The molecule has 0 spiro atoms. The number of carbonyl (C=O) groups is 3. The van der Waals surface area contributed by atoms with Gasteiger partial charge in [-0.25, -0.2) is 0 Å². The van der Waals surface area contributed by atoms with E-state index in [-0.39, 0.29) is 5.75 Å². The van der Waals surface area contributed by atoms with Crippen LogP contribution in [0, 0.1) is 11.8 Å². The molecule has 2 rings (SSSR count). The number of phenols is 1. The fraction of sp³-hybridized carbons (Fsp3) is 0.609. The molecule has 4 atom stereocenters. The van der Waals surface area contributed by atoms with Crippen molar-refractivity contribution in [2.45, 2.75) is 77.6 Å². The smallest absolute Gasteiger partial charge is 0.317 e. The molecule has 0 amide bonds. The minimum Gasteiger partial charge on any atom is -0.508 e. The van der Waals surface area contributed by atoms with E-state index in [2.05, 4.69) is 0 Å². The molecule has 0 aliphatic heterocycles. The minimum absolute atomic E-state index is 0.0870. The van der Waals surface area contributed by atoms with Crippen molar-refractivity contribution in [3.63, 3.8) is 0 Å². The molecule has 0 bridgehead atoms. The van der Waals surface area contributed by atoms with Gasteiger partial charge in [-0.15, -0.1) is 0 Å². The zero-order valence-corrected chi connectivity index (χ0v) is 18.7. The third kappa shape index (κ3) is 5.59.